The van der Waals surface area contributed by atoms with Gasteiger partial charge < -0.3 is 19.5 Å². The van der Waals surface area contributed by atoms with Crippen LogP contribution in [0.5, 0.6) is 5.75 Å². The van der Waals surface area contributed by atoms with Crippen molar-refractivity contribution in [1.82, 2.24) is 19.8 Å². The number of carbonyl (C=O) groups excluding carboxylic acids is 2. The van der Waals surface area contributed by atoms with Crippen LogP contribution >= 0.6 is 0 Å². The molecule has 2 bridgehead atoms. The van der Waals surface area contributed by atoms with Gasteiger partial charge in [0.1, 0.15) is 11.6 Å². The van der Waals surface area contributed by atoms with Crippen LogP contribution in [0, 0.1) is 11.8 Å². The van der Waals surface area contributed by atoms with Gasteiger partial charge in [0.2, 0.25) is 11.8 Å². The number of aromatic nitrogens is 2. The molecule has 7 heteroatoms. The molecule has 3 atom stereocenters. The Kier molecular flexibility index (Phi) is 5.89. The number of fused-ring (bicyclic) bond motifs is 3. The third kappa shape index (κ3) is 4.25. The van der Waals surface area contributed by atoms with Crippen LogP contribution in [0.2, 0.25) is 0 Å². The maximum atomic E-state index is 12.9. The molecule has 2 amide bonds. The maximum absolute atomic E-state index is 12.9. The summed E-state index contributed by atoms with van der Waals surface area (Å²) in [6.45, 7) is 4.99. The molecule has 1 N–H and O–H groups in total. The van der Waals surface area contributed by atoms with Crippen molar-refractivity contribution in [1.29, 1.82) is 0 Å². The molecule has 1 unspecified atom stereocenters. The highest BCUT2D eigenvalue weighted by Gasteiger charge is 2.43. The molecule has 3 heterocycles. The van der Waals surface area contributed by atoms with E-state index in [0.29, 0.717) is 31.2 Å². The van der Waals surface area contributed by atoms with Crippen molar-refractivity contribution >= 4 is 11.8 Å². The van der Waals surface area contributed by atoms with E-state index in [1.165, 1.54) is 5.56 Å². The van der Waals surface area contributed by atoms with Gasteiger partial charge in [-0.3, -0.25) is 9.59 Å². The Morgan fingerprint density at radius 2 is 2.03 bits per heavy atom. The standard InChI is InChI=1S/C25H32N4O3/c1-2-22-26-9-11-28(22)10-7-24(31)29-15-19-4-5-20(16-29)25(19)27-23(30)14-17-3-6-21-18(13-17)8-12-32-21/h3,6,9,11,13,19-20,25H,2,4-5,7-8,10,12,14-16H2,1H3,(H,27,30)/t19-,20+,25?. The van der Waals surface area contributed by atoms with Gasteiger partial charge in [0, 0.05) is 57.3 Å². The molecule has 5 rings (SSSR count). The molecule has 2 aliphatic heterocycles. The minimum atomic E-state index is 0.0812. The van der Waals surface area contributed by atoms with E-state index in [4.69, 9.17) is 4.74 Å². The number of benzene rings is 1. The number of likely N-dealkylation sites (tertiary alicyclic amines) is 1. The van der Waals surface area contributed by atoms with Crippen LogP contribution < -0.4 is 10.1 Å². The first-order valence-corrected chi connectivity index (χ1v) is 11.9. The molecule has 1 aromatic carbocycles. The van der Waals surface area contributed by atoms with Gasteiger partial charge in [-0.1, -0.05) is 19.1 Å². The number of nitrogens with zero attached hydrogens (tertiary/aromatic N) is 3. The maximum Gasteiger partial charge on any atom is 0.224 e. The van der Waals surface area contributed by atoms with Gasteiger partial charge in [-0.05, 0) is 41.9 Å². The van der Waals surface area contributed by atoms with Crippen molar-refractivity contribution in [2.75, 3.05) is 19.7 Å². The molecule has 32 heavy (non-hydrogen) atoms. The first kappa shape index (κ1) is 21.0. The Hall–Kier alpha value is -2.83. The largest absolute Gasteiger partial charge is 0.493 e. The first-order valence-electron chi connectivity index (χ1n) is 11.9. The van der Waals surface area contributed by atoms with Gasteiger partial charge in [-0.2, -0.15) is 0 Å². The zero-order chi connectivity index (χ0) is 22.1. The lowest BCUT2D eigenvalue weighted by molar-refractivity contribution is -0.134. The average molecular weight is 437 g/mol. The summed E-state index contributed by atoms with van der Waals surface area (Å²) in [7, 11) is 0. The molecule has 2 aromatic rings. The Morgan fingerprint density at radius 1 is 1.22 bits per heavy atom. The molecule has 1 saturated carbocycles. The number of carbonyl (C=O) groups is 2. The lowest BCUT2D eigenvalue weighted by Gasteiger charge is -2.38. The molecular weight excluding hydrogens is 404 g/mol. The van der Waals surface area contributed by atoms with Crippen LogP contribution in [0.15, 0.2) is 30.6 Å². The van der Waals surface area contributed by atoms with Crippen LogP contribution in [0.1, 0.15) is 43.1 Å². The number of amides is 2. The first-order chi connectivity index (χ1) is 15.6. The average Bonchev–Trinajstić information content (AvgIpc) is 3.49. The lowest BCUT2D eigenvalue weighted by Crippen LogP contribution is -2.54. The molecule has 3 aliphatic rings. The third-order valence-electron chi connectivity index (χ3n) is 7.32. The highest BCUT2D eigenvalue weighted by molar-refractivity contribution is 5.79. The number of rotatable bonds is 7. The van der Waals surface area contributed by atoms with Crippen molar-refractivity contribution in [3.63, 3.8) is 0 Å². The number of imidazole rings is 1. The van der Waals surface area contributed by atoms with Crippen LogP contribution in [-0.4, -0.2) is 52.0 Å². The predicted octanol–water partition coefficient (Wildman–Crippen LogP) is 2.37. The van der Waals surface area contributed by atoms with E-state index in [9.17, 15) is 9.59 Å². The minimum Gasteiger partial charge on any atom is -0.493 e. The Balaban J connectivity index is 1.14. The van der Waals surface area contributed by atoms with E-state index in [2.05, 4.69) is 27.9 Å². The van der Waals surface area contributed by atoms with E-state index >= 15 is 0 Å². The molecule has 1 aromatic heterocycles. The van der Waals surface area contributed by atoms with Gasteiger partial charge in [-0.15, -0.1) is 0 Å². The van der Waals surface area contributed by atoms with E-state index < -0.39 is 0 Å². The van der Waals surface area contributed by atoms with E-state index in [1.807, 2.05) is 23.2 Å². The molecule has 0 spiro atoms. The predicted molar refractivity (Wildman–Crippen MR) is 120 cm³/mol. The second-order valence-electron chi connectivity index (χ2n) is 9.35. The Labute approximate surface area is 189 Å². The fourth-order valence-electron chi connectivity index (χ4n) is 5.67. The van der Waals surface area contributed by atoms with Gasteiger partial charge in [0.25, 0.3) is 0 Å². The SMILES string of the molecule is CCc1nccn1CCC(=O)N1C[C@H]2CC[C@@H](C1)C2NC(=O)Cc1ccc2c(c1)CCO2. The summed E-state index contributed by atoms with van der Waals surface area (Å²) in [5.74, 6) is 2.97. The van der Waals surface area contributed by atoms with Gasteiger partial charge in [-0.25, -0.2) is 4.98 Å². The zero-order valence-electron chi connectivity index (χ0n) is 18.8. The number of aryl methyl sites for hydroxylation is 2. The molecule has 7 nitrogen and oxygen atoms in total. The van der Waals surface area contributed by atoms with Crippen LogP contribution in [0.25, 0.3) is 0 Å². The highest BCUT2D eigenvalue weighted by atomic mass is 16.5. The van der Waals surface area contributed by atoms with Gasteiger partial charge in [0.15, 0.2) is 0 Å². The highest BCUT2D eigenvalue weighted by Crippen LogP contribution is 2.37. The fourth-order valence-corrected chi connectivity index (χ4v) is 5.67. The summed E-state index contributed by atoms with van der Waals surface area (Å²) in [4.78, 5) is 32.0. The van der Waals surface area contributed by atoms with Crippen LogP contribution in [0.3, 0.4) is 0 Å². The number of hydrogen-bond acceptors (Lipinski definition) is 4. The van der Waals surface area contributed by atoms with Gasteiger partial charge >= 0.3 is 0 Å². The van der Waals surface area contributed by atoms with Crippen LogP contribution in [-0.2, 0) is 35.4 Å². The summed E-state index contributed by atoms with van der Waals surface area (Å²) in [6.07, 6.45) is 8.60. The number of ether oxygens (including phenoxy) is 1. The topological polar surface area (TPSA) is 76.5 Å². The summed E-state index contributed by atoms with van der Waals surface area (Å²) in [5.41, 5.74) is 2.24. The van der Waals surface area contributed by atoms with Gasteiger partial charge in [0.05, 0.1) is 13.0 Å². The van der Waals surface area contributed by atoms with Crippen molar-refractivity contribution in [2.45, 2.75) is 58.0 Å². The van der Waals surface area contributed by atoms with Crippen LogP contribution in [0.4, 0.5) is 0 Å². The van der Waals surface area contributed by atoms with E-state index in [1.54, 1.807) is 6.20 Å². The number of piperidine rings is 1. The van der Waals surface area contributed by atoms with E-state index in [-0.39, 0.29) is 17.9 Å². The summed E-state index contributed by atoms with van der Waals surface area (Å²) in [6, 6.07) is 6.25. The quantitative estimate of drug-likeness (QED) is 0.723. The fraction of sp³-hybridized carbons (Fsp3) is 0.560. The lowest BCUT2D eigenvalue weighted by atomic mass is 9.91. The zero-order valence-corrected chi connectivity index (χ0v) is 18.8. The molecule has 1 saturated heterocycles. The van der Waals surface area contributed by atoms with Crippen molar-refractivity contribution < 1.29 is 14.3 Å². The third-order valence-corrected chi connectivity index (χ3v) is 7.32. The Bertz CT molecular complexity index is 987. The molecule has 1 aliphatic carbocycles. The molecule has 170 valence electrons. The van der Waals surface area contributed by atoms with Crippen molar-refractivity contribution in [3.05, 3.63) is 47.5 Å². The smallest absolute Gasteiger partial charge is 0.224 e. The molecule has 0 radical (unpaired) electrons. The molecule has 2 fully saturated rings. The summed E-state index contributed by atoms with van der Waals surface area (Å²) >= 11 is 0. The second kappa shape index (κ2) is 8.96. The second-order valence-corrected chi connectivity index (χ2v) is 9.35. The van der Waals surface area contributed by atoms with Crippen molar-refractivity contribution in [2.24, 2.45) is 11.8 Å². The normalized spacial score (nSPS) is 23.7. The summed E-state index contributed by atoms with van der Waals surface area (Å²) < 4.78 is 7.63. The van der Waals surface area contributed by atoms with Crippen molar-refractivity contribution in [3.8, 4) is 5.75 Å². The summed E-state index contributed by atoms with van der Waals surface area (Å²) in [5, 5.41) is 3.31. The minimum absolute atomic E-state index is 0.0812. The Morgan fingerprint density at radius 3 is 2.81 bits per heavy atom. The van der Waals surface area contributed by atoms with E-state index in [0.717, 1.165) is 62.5 Å². The monoisotopic (exact) mass is 436 g/mol. The number of hydrogen-bond donors (Lipinski definition) is 1. The molecular formula is C25H32N4O3. The number of nitrogens with one attached hydrogen (secondary N) is 1.